The lowest BCUT2D eigenvalue weighted by Gasteiger charge is -2.14. The van der Waals surface area contributed by atoms with Gasteiger partial charge < -0.3 is 58.8 Å². The van der Waals surface area contributed by atoms with Gasteiger partial charge in [0.2, 0.25) is 23.0 Å². The maximum atomic E-state index is 11.6. The highest BCUT2D eigenvalue weighted by Crippen LogP contribution is 2.59. The van der Waals surface area contributed by atoms with E-state index in [0.717, 1.165) is 32.9 Å². The minimum atomic E-state index is -1.12. The number of benzene rings is 9. The van der Waals surface area contributed by atoms with Crippen LogP contribution in [0.1, 0.15) is 0 Å². The smallest absolute Gasteiger partial charge is 0.206 e. The molecule has 0 spiro atoms. The minimum absolute atomic E-state index is 0.228. The van der Waals surface area contributed by atoms with E-state index in [-0.39, 0.29) is 16.7 Å². The van der Waals surface area contributed by atoms with Crippen LogP contribution in [0.2, 0.25) is 0 Å². The zero-order valence-electron chi connectivity index (χ0n) is 37.1. The number of para-hydroxylation sites is 3. The summed E-state index contributed by atoms with van der Waals surface area (Å²) in [6.07, 6.45) is 0. The van der Waals surface area contributed by atoms with Gasteiger partial charge in [0.25, 0.3) is 0 Å². The first-order valence-corrected chi connectivity index (χ1v) is 22.6. The molecule has 15 nitrogen and oxygen atoms in total. The van der Waals surface area contributed by atoms with E-state index < -0.39 is 56.8 Å². The van der Waals surface area contributed by atoms with E-state index in [0.29, 0.717) is 72.7 Å². The molecule has 8 N–H and O–H groups in total. The molecule has 15 heteroatoms. The summed E-state index contributed by atoms with van der Waals surface area (Å²) >= 11 is 0. The van der Waals surface area contributed by atoms with Crippen LogP contribution in [0, 0.1) is 0 Å². The summed E-state index contributed by atoms with van der Waals surface area (Å²) in [7, 11) is 0. The molecule has 5 heterocycles. The van der Waals surface area contributed by atoms with Crippen molar-refractivity contribution in [3.8, 4) is 91.5 Å². The van der Waals surface area contributed by atoms with Crippen LogP contribution in [0.3, 0.4) is 0 Å². The molecule has 14 aromatic rings. The van der Waals surface area contributed by atoms with Gasteiger partial charge in [-0.2, -0.15) is 0 Å². The Morgan fingerprint density at radius 2 is 0.833 bits per heavy atom. The average Bonchev–Trinajstić information content (AvgIpc) is 4.19. The Morgan fingerprint density at radius 1 is 0.319 bits per heavy atom. The van der Waals surface area contributed by atoms with Gasteiger partial charge in [0.15, 0.2) is 46.1 Å². The second-order valence-electron chi connectivity index (χ2n) is 17.5. The predicted molar refractivity (Wildman–Crippen MR) is 273 cm³/mol. The van der Waals surface area contributed by atoms with E-state index in [4.69, 9.17) is 23.8 Å². The van der Waals surface area contributed by atoms with Crippen molar-refractivity contribution < 1.29 is 49.7 Å². The standard InChI is InChI=1S/C57H33N5O10/c63-46-42-43-45(49(66)53(70)51(68)47(43)64)62(44(42)48(65)52(69)50(46)67)34-20-11-19-33-41(34)27-14-4-7-18-32(27)61(33)35-25-24-31(40-29-16-6-9-22-37(29)72-54(35)40)57-59-55(26-12-2-1-3-13-26)58-56(60-57)30-17-10-23-38-39(30)28-15-5-8-21-36(28)71-38/h1-25,63-70H. The fourth-order valence-electron chi connectivity index (χ4n) is 10.5. The first kappa shape index (κ1) is 40.6. The fraction of sp³-hybridized carbons (Fsp3) is 0. The van der Waals surface area contributed by atoms with Crippen molar-refractivity contribution >= 4 is 87.5 Å². The van der Waals surface area contributed by atoms with Crippen LogP contribution in [0.4, 0.5) is 0 Å². The number of nitrogens with zero attached hydrogens (tertiary/aromatic N) is 5. The molecule has 14 rings (SSSR count). The SMILES string of the molecule is Oc1c(O)c(O)c2c(c1O)c1c(O)c(O)c(O)c(O)c1n2-c1cccc2c1c1ccccc1n2-c1ccc(-c2nc(-c3ccccc3)nc(-c3cccc4oc5ccccc5c34)n2)c2c1oc1ccccc12. The van der Waals surface area contributed by atoms with Gasteiger partial charge in [-0.1, -0.05) is 103 Å². The van der Waals surface area contributed by atoms with Crippen LogP contribution in [0.25, 0.3) is 133 Å². The lowest BCUT2D eigenvalue weighted by molar-refractivity contribution is 0.350. The quantitative estimate of drug-likeness (QED) is 0.0593. The molecule has 72 heavy (non-hydrogen) atoms. The topological polar surface area (TPSA) is 237 Å². The summed E-state index contributed by atoms with van der Waals surface area (Å²) in [6, 6.07) is 47.6. The van der Waals surface area contributed by atoms with E-state index in [9.17, 15) is 40.9 Å². The summed E-state index contributed by atoms with van der Waals surface area (Å²) in [5, 5.41) is 92.7. The highest BCUT2D eigenvalue weighted by Gasteiger charge is 2.33. The lowest BCUT2D eigenvalue weighted by Crippen LogP contribution is -2.01. The molecule has 9 aromatic carbocycles. The van der Waals surface area contributed by atoms with E-state index in [1.165, 1.54) is 4.57 Å². The van der Waals surface area contributed by atoms with Crippen LogP contribution in [0.5, 0.6) is 46.0 Å². The number of hydrogen-bond donors (Lipinski definition) is 8. The van der Waals surface area contributed by atoms with Crippen molar-refractivity contribution in [2.75, 3.05) is 0 Å². The first-order chi connectivity index (χ1) is 35.1. The zero-order chi connectivity index (χ0) is 48.8. The average molecular weight is 948 g/mol. The van der Waals surface area contributed by atoms with Gasteiger partial charge in [-0.05, 0) is 48.5 Å². The maximum Gasteiger partial charge on any atom is 0.206 e. The first-order valence-electron chi connectivity index (χ1n) is 22.6. The molecule has 5 aromatic heterocycles. The van der Waals surface area contributed by atoms with Crippen molar-refractivity contribution in [1.82, 2.24) is 24.1 Å². The Hall–Kier alpha value is -10.4. The molecule has 0 saturated heterocycles. The van der Waals surface area contributed by atoms with Gasteiger partial charge in [0, 0.05) is 49.0 Å². The number of aromatic hydroxyl groups is 8. The van der Waals surface area contributed by atoms with Crippen LogP contribution in [-0.2, 0) is 0 Å². The largest absolute Gasteiger partial charge is 0.504 e. The summed E-state index contributed by atoms with van der Waals surface area (Å²) in [5.41, 5.74) is 6.06. The summed E-state index contributed by atoms with van der Waals surface area (Å²) in [4.78, 5) is 15.5. The van der Waals surface area contributed by atoms with E-state index in [1.54, 1.807) is 12.1 Å². The molecular formula is C57H33N5O10. The van der Waals surface area contributed by atoms with Crippen molar-refractivity contribution in [2.24, 2.45) is 0 Å². The van der Waals surface area contributed by atoms with Crippen molar-refractivity contribution in [3.63, 3.8) is 0 Å². The molecule has 0 saturated carbocycles. The summed E-state index contributed by atoms with van der Waals surface area (Å²) in [5.74, 6) is -6.95. The molecule has 0 radical (unpaired) electrons. The number of aromatic nitrogens is 5. The zero-order valence-corrected chi connectivity index (χ0v) is 37.1. The van der Waals surface area contributed by atoms with Crippen LogP contribution in [0.15, 0.2) is 160 Å². The Bertz CT molecular complexity index is 4610. The molecular weight excluding hydrogens is 915 g/mol. The van der Waals surface area contributed by atoms with Gasteiger partial charge in [0.05, 0.1) is 33.2 Å². The molecule has 0 aliphatic heterocycles. The fourth-order valence-corrected chi connectivity index (χ4v) is 10.5. The normalized spacial score (nSPS) is 12.1. The molecule has 0 fully saturated rings. The second kappa shape index (κ2) is 14.6. The van der Waals surface area contributed by atoms with Gasteiger partial charge >= 0.3 is 0 Å². The van der Waals surface area contributed by atoms with Crippen LogP contribution >= 0.6 is 0 Å². The third-order valence-corrected chi connectivity index (χ3v) is 13.7. The van der Waals surface area contributed by atoms with Gasteiger partial charge in [-0.3, -0.25) is 0 Å². The Balaban J connectivity index is 1.07. The van der Waals surface area contributed by atoms with Gasteiger partial charge in [-0.25, -0.2) is 15.0 Å². The van der Waals surface area contributed by atoms with Gasteiger partial charge in [0.1, 0.15) is 27.8 Å². The van der Waals surface area contributed by atoms with Crippen LogP contribution < -0.4 is 0 Å². The van der Waals surface area contributed by atoms with Crippen molar-refractivity contribution in [3.05, 3.63) is 152 Å². The van der Waals surface area contributed by atoms with Crippen LogP contribution in [-0.4, -0.2) is 64.9 Å². The third-order valence-electron chi connectivity index (χ3n) is 13.7. The summed E-state index contributed by atoms with van der Waals surface area (Å²) < 4.78 is 16.4. The third kappa shape index (κ3) is 5.35. The van der Waals surface area contributed by atoms with E-state index in [1.807, 2.05) is 144 Å². The number of hydrogen-bond acceptors (Lipinski definition) is 13. The van der Waals surface area contributed by atoms with Crippen molar-refractivity contribution in [2.45, 2.75) is 0 Å². The Kier molecular flexibility index (Phi) is 8.21. The molecule has 0 atom stereocenters. The molecule has 0 bridgehead atoms. The monoisotopic (exact) mass is 947 g/mol. The minimum Gasteiger partial charge on any atom is -0.504 e. The Morgan fingerprint density at radius 3 is 1.51 bits per heavy atom. The number of fused-ring (bicyclic) bond motifs is 12. The number of phenolic OH excluding ortho intramolecular Hbond substituents is 8. The maximum absolute atomic E-state index is 11.6. The lowest BCUT2D eigenvalue weighted by atomic mass is 10.0. The highest BCUT2D eigenvalue weighted by atomic mass is 16.4. The number of rotatable bonds is 5. The summed E-state index contributed by atoms with van der Waals surface area (Å²) in [6.45, 7) is 0. The number of phenols is 8. The van der Waals surface area contributed by atoms with E-state index in [2.05, 4.69) is 0 Å². The Labute approximate surface area is 403 Å². The number of furan rings is 2. The molecule has 0 amide bonds. The molecule has 0 aliphatic rings. The second-order valence-corrected chi connectivity index (χ2v) is 17.5. The highest BCUT2D eigenvalue weighted by molar-refractivity contribution is 6.24. The molecule has 346 valence electrons. The predicted octanol–water partition coefficient (Wildman–Crippen LogP) is 12.5. The van der Waals surface area contributed by atoms with E-state index >= 15 is 0 Å². The molecule has 0 unspecified atom stereocenters. The van der Waals surface area contributed by atoms with Crippen molar-refractivity contribution in [1.29, 1.82) is 0 Å². The molecule has 0 aliphatic carbocycles. The van der Waals surface area contributed by atoms with Gasteiger partial charge in [-0.15, -0.1) is 0 Å².